The van der Waals surface area contributed by atoms with Crippen molar-refractivity contribution in [2.75, 3.05) is 0 Å². The van der Waals surface area contributed by atoms with Gasteiger partial charge < -0.3 is 15.3 Å². The Labute approximate surface area is 177 Å². The fraction of sp³-hybridized carbons (Fsp3) is 0.708. The summed E-state index contributed by atoms with van der Waals surface area (Å²) in [6.07, 6.45) is 6.61. The Morgan fingerprint density at radius 2 is 1.77 bits per heavy atom. The molecule has 164 valence electrons. The minimum Gasteiger partial charge on any atom is -0.507 e. The van der Waals surface area contributed by atoms with E-state index < -0.39 is 28.3 Å². The molecule has 4 aliphatic carbocycles. The highest BCUT2D eigenvalue weighted by molar-refractivity contribution is 6.04. The molecule has 6 heteroatoms. The van der Waals surface area contributed by atoms with Crippen LogP contribution in [0.4, 0.5) is 0 Å². The molecule has 0 aromatic heterocycles. The summed E-state index contributed by atoms with van der Waals surface area (Å²) < 4.78 is 0. The minimum absolute atomic E-state index is 0.0000956. The molecule has 0 bridgehead atoms. The summed E-state index contributed by atoms with van der Waals surface area (Å²) in [6, 6.07) is 0. The molecule has 30 heavy (non-hydrogen) atoms. The van der Waals surface area contributed by atoms with E-state index >= 15 is 0 Å². The van der Waals surface area contributed by atoms with Crippen molar-refractivity contribution in [2.45, 2.75) is 72.1 Å². The molecule has 3 N–H and O–H groups in total. The molecular formula is C24H32O6. The topological polar surface area (TPSA) is 112 Å². The van der Waals surface area contributed by atoms with Crippen molar-refractivity contribution in [1.82, 2.24) is 0 Å². The fourth-order valence-electron chi connectivity index (χ4n) is 7.99. The summed E-state index contributed by atoms with van der Waals surface area (Å²) in [5, 5.41) is 30.3. The van der Waals surface area contributed by atoms with Crippen LogP contribution in [-0.2, 0) is 14.4 Å². The molecule has 0 spiro atoms. The van der Waals surface area contributed by atoms with Gasteiger partial charge in [0.25, 0.3) is 0 Å². The van der Waals surface area contributed by atoms with Crippen LogP contribution in [0.15, 0.2) is 23.2 Å². The number of carboxylic acids is 1. The Morgan fingerprint density at radius 3 is 2.40 bits per heavy atom. The van der Waals surface area contributed by atoms with Gasteiger partial charge in [-0.3, -0.25) is 14.4 Å². The number of carbonyl (C=O) groups is 3. The van der Waals surface area contributed by atoms with Crippen LogP contribution in [0.5, 0.6) is 0 Å². The summed E-state index contributed by atoms with van der Waals surface area (Å²) in [5.41, 5.74) is -0.723. The molecule has 0 aromatic carbocycles. The molecule has 6 nitrogen and oxygen atoms in total. The smallest absolute Gasteiger partial charge is 0.303 e. The van der Waals surface area contributed by atoms with E-state index in [1.165, 1.54) is 6.08 Å². The van der Waals surface area contributed by atoms with E-state index in [9.17, 15) is 29.7 Å². The number of hydrogen-bond acceptors (Lipinski definition) is 5. The highest BCUT2D eigenvalue weighted by Crippen LogP contribution is 2.71. The molecule has 4 rings (SSSR count). The van der Waals surface area contributed by atoms with E-state index in [2.05, 4.69) is 6.92 Å². The van der Waals surface area contributed by atoms with Gasteiger partial charge in [-0.1, -0.05) is 12.5 Å². The average molecular weight is 417 g/mol. The third-order valence-corrected chi connectivity index (χ3v) is 9.65. The van der Waals surface area contributed by atoms with Crippen LogP contribution in [0.2, 0.25) is 0 Å². The van der Waals surface area contributed by atoms with Crippen LogP contribution in [0.3, 0.4) is 0 Å². The molecule has 0 aromatic rings. The van der Waals surface area contributed by atoms with Crippen molar-refractivity contribution in [3.8, 4) is 0 Å². The lowest BCUT2D eigenvalue weighted by molar-refractivity contribution is -0.145. The third-order valence-electron chi connectivity index (χ3n) is 9.65. The van der Waals surface area contributed by atoms with Gasteiger partial charge in [0.2, 0.25) is 11.5 Å². The van der Waals surface area contributed by atoms with Crippen LogP contribution in [0.1, 0.15) is 72.1 Å². The molecule has 0 heterocycles. The number of hydrogen-bond donors (Lipinski definition) is 3. The zero-order valence-corrected chi connectivity index (χ0v) is 18.0. The largest absolute Gasteiger partial charge is 0.507 e. The zero-order chi connectivity index (χ0) is 22.1. The molecule has 3 fully saturated rings. The van der Waals surface area contributed by atoms with Gasteiger partial charge in [0.15, 0.2) is 0 Å². The van der Waals surface area contributed by atoms with E-state index in [0.717, 1.165) is 31.3 Å². The van der Waals surface area contributed by atoms with E-state index in [1.54, 1.807) is 6.92 Å². The van der Waals surface area contributed by atoms with Crippen molar-refractivity contribution in [3.63, 3.8) is 0 Å². The number of aliphatic hydroxyl groups excluding tert-OH is 2. The molecule has 0 radical (unpaired) electrons. The van der Waals surface area contributed by atoms with Gasteiger partial charge in [0.1, 0.15) is 11.5 Å². The summed E-state index contributed by atoms with van der Waals surface area (Å²) in [4.78, 5) is 36.3. The second-order valence-electron chi connectivity index (χ2n) is 10.4. The van der Waals surface area contributed by atoms with Gasteiger partial charge in [0, 0.05) is 11.8 Å². The SMILES string of the molecule is CC(=O)[C@@]1(CCC(=O)O)CC[C@H]2[C@@H]3CCC4=CC(=O)C(O)=C(O)[C@]4(C)[C@H]3CC[C@@]21C. The van der Waals surface area contributed by atoms with Gasteiger partial charge in [-0.25, -0.2) is 0 Å². The van der Waals surface area contributed by atoms with Gasteiger partial charge in [-0.15, -0.1) is 0 Å². The molecule has 0 unspecified atom stereocenters. The number of aliphatic carboxylic acids is 1. The number of ketones is 2. The van der Waals surface area contributed by atoms with Gasteiger partial charge in [0.05, 0.1) is 5.41 Å². The van der Waals surface area contributed by atoms with Crippen molar-refractivity contribution in [3.05, 3.63) is 23.2 Å². The lowest BCUT2D eigenvalue weighted by atomic mass is 9.45. The van der Waals surface area contributed by atoms with Gasteiger partial charge >= 0.3 is 5.97 Å². The number of rotatable bonds is 4. The standard InChI is InChI=1S/C24H32O6/c1-13(25)24(11-8-19(27)28)10-7-16-15-5-4-14-12-18(26)20(29)21(30)23(14,3)17(15)6-9-22(16,24)2/h12,15-17,29-30H,4-11H2,1-3H3,(H,27,28)/t15-,16-,17-,22-,23-,24-/m0/s1. The summed E-state index contributed by atoms with van der Waals surface area (Å²) in [7, 11) is 0. The Kier molecular flexibility index (Phi) is 4.72. The van der Waals surface area contributed by atoms with Crippen LogP contribution in [-0.4, -0.2) is 32.9 Å². The molecule has 6 atom stereocenters. The van der Waals surface area contributed by atoms with Crippen molar-refractivity contribution in [1.29, 1.82) is 0 Å². The van der Waals surface area contributed by atoms with E-state index in [0.29, 0.717) is 19.3 Å². The second kappa shape index (κ2) is 6.69. The normalized spacial score (nSPS) is 42.8. The summed E-state index contributed by atoms with van der Waals surface area (Å²) in [5.74, 6) is -1.42. The summed E-state index contributed by atoms with van der Waals surface area (Å²) in [6.45, 7) is 5.73. The van der Waals surface area contributed by atoms with Crippen LogP contribution < -0.4 is 0 Å². The first-order valence-electron chi connectivity index (χ1n) is 11.1. The first-order valence-corrected chi connectivity index (χ1v) is 11.1. The predicted octanol–water partition coefficient (Wildman–Crippen LogP) is 4.51. The second-order valence-corrected chi connectivity index (χ2v) is 10.4. The van der Waals surface area contributed by atoms with Gasteiger partial charge in [-0.05, 0) is 88.0 Å². The first-order chi connectivity index (χ1) is 14.0. The number of aliphatic hydroxyl groups is 2. The molecule has 4 aliphatic rings. The molecular weight excluding hydrogens is 384 g/mol. The molecule has 0 saturated heterocycles. The van der Waals surface area contributed by atoms with Crippen molar-refractivity contribution >= 4 is 17.5 Å². The Hall–Kier alpha value is -2.11. The highest BCUT2D eigenvalue weighted by atomic mass is 16.4. The number of allylic oxidation sites excluding steroid dienone is 2. The highest BCUT2D eigenvalue weighted by Gasteiger charge is 2.66. The van der Waals surface area contributed by atoms with Crippen molar-refractivity contribution in [2.24, 2.45) is 34.0 Å². The van der Waals surface area contributed by atoms with Crippen LogP contribution >= 0.6 is 0 Å². The maximum atomic E-state index is 12.9. The van der Waals surface area contributed by atoms with E-state index in [4.69, 9.17) is 0 Å². The van der Waals surface area contributed by atoms with Gasteiger partial charge in [-0.2, -0.15) is 0 Å². The van der Waals surface area contributed by atoms with E-state index in [1.807, 2.05) is 6.92 Å². The number of fused-ring (bicyclic) bond motifs is 5. The first kappa shape index (κ1) is 21.1. The molecule has 0 amide bonds. The third kappa shape index (κ3) is 2.51. The van der Waals surface area contributed by atoms with Crippen LogP contribution in [0.25, 0.3) is 0 Å². The van der Waals surface area contributed by atoms with Crippen molar-refractivity contribution < 1.29 is 29.7 Å². The number of carboxylic acid groups (broad SMARTS) is 1. The molecule has 3 saturated carbocycles. The summed E-state index contributed by atoms with van der Waals surface area (Å²) >= 11 is 0. The average Bonchev–Trinajstić information content (AvgIpc) is 2.99. The van der Waals surface area contributed by atoms with Crippen LogP contribution in [0, 0.1) is 34.0 Å². The maximum absolute atomic E-state index is 12.9. The Balaban J connectivity index is 1.72. The quantitative estimate of drug-likeness (QED) is 0.622. The number of carbonyl (C=O) groups excluding carboxylic acids is 2. The Morgan fingerprint density at radius 1 is 1.10 bits per heavy atom. The maximum Gasteiger partial charge on any atom is 0.303 e. The molecule has 0 aliphatic heterocycles. The number of Topliss-reactive ketones (excluding diaryl/α,β-unsaturated/α-hetero) is 1. The fourth-order valence-corrected chi connectivity index (χ4v) is 7.99. The minimum atomic E-state index is -0.867. The lowest BCUT2D eigenvalue weighted by Gasteiger charge is -2.59. The zero-order valence-electron chi connectivity index (χ0n) is 18.0. The lowest BCUT2D eigenvalue weighted by Crippen LogP contribution is -2.54. The Bertz CT molecular complexity index is 884. The van der Waals surface area contributed by atoms with E-state index in [-0.39, 0.29) is 41.1 Å². The predicted molar refractivity (Wildman–Crippen MR) is 110 cm³/mol. The monoisotopic (exact) mass is 416 g/mol.